The highest BCUT2D eigenvalue weighted by molar-refractivity contribution is 5.39. The van der Waals surface area contributed by atoms with Crippen LogP contribution >= 0.6 is 0 Å². The highest BCUT2D eigenvalue weighted by Gasteiger charge is 2.01. The van der Waals surface area contributed by atoms with Crippen molar-refractivity contribution >= 4 is 0 Å². The Kier molecular flexibility index (Phi) is 6.16. The van der Waals surface area contributed by atoms with Crippen molar-refractivity contribution in [2.24, 2.45) is 0 Å². The van der Waals surface area contributed by atoms with E-state index in [1.807, 2.05) is 37.3 Å². The molecule has 0 spiro atoms. The Morgan fingerprint density at radius 2 is 1.88 bits per heavy atom. The predicted octanol–water partition coefficient (Wildman–Crippen LogP) is 4.17. The van der Waals surface area contributed by atoms with Crippen LogP contribution in [-0.2, 0) is 0 Å². The van der Waals surface area contributed by atoms with Crippen LogP contribution in [0.25, 0.3) is 0 Å². The van der Waals surface area contributed by atoms with Gasteiger partial charge in [-0.2, -0.15) is 0 Å². The van der Waals surface area contributed by atoms with E-state index in [0.29, 0.717) is 0 Å². The van der Waals surface area contributed by atoms with Crippen LogP contribution in [0.5, 0.6) is 11.5 Å². The molecule has 0 heterocycles. The maximum absolute atomic E-state index is 5.68. The molecule has 2 nitrogen and oxygen atoms in total. The molecule has 16 heavy (non-hydrogen) atoms. The summed E-state index contributed by atoms with van der Waals surface area (Å²) in [7, 11) is 0. The van der Waals surface area contributed by atoms with Gasteiger partial charge in [-0.15, -0.1) is 0 Å². The van der Waals surface area contributed by atoms with Crippen molar-refractivity contribution in [3.63, 3.8) is 0 Å². The van der Waals surface area contributed by atoms with Crippen molar-refractivity contribution in [1.29, 1.82) is 0 Å². The van der Waals surface area contributed by atoms with E-state index in [1.54, 1.807) is 6.26 Å². The number of rotatable bonds is 7. The molecule has 2 heteroatoms. The number of unbranched alkanes of at least 4 members (excludes halogenated alkanes) is 2. The second-order valence-corrected chi connectivity index (χ2v) is 3.59. The summed E-state index contributed by atoms with van der Waals surface area (Å²) >= 11 is 0. The minimum atomic E-state index is 0.754. The lowest BCUT2D eigenvalue weighted by Crippen LogP contribution is -1.98. The summed E-state index contributed by atoms with van der Waals surface area (Å²) in [5.41, 5.74) is 0. The molecule has 0 unspecified atom stereocenters. The standard InChI is InChI=1S/C14H20O2/c1-3-5-8-12-16-14-10-7-6-9-13(14)15-11-4-2/h4,6-7,9-11H,3,5,8,12H2,1-2H3. The van der Waals surface area contributed by atoms with E-state index in [1.165, 1.54) is 12.8 Å². The third kappa shape index (κ3) is 4.39. The van der Waals surface area contributed by atoms with Crippen LogP contribution in [0.15, 0.2) is 36.6 Å². The number of hydrogen-bond donors (Lipinski definition) is 0. The highest BCUT2D eigenvalue weighted by Crippen LogP contribution is 2.26. The van der Waals surface area contributed by atoms with Crippen LogP contribution < -0.4 is 9.47 Å². The number of hydrogen-bond acceptors (Lipinski definition) is 2. The number of ether oxygens (including phenoxy) is 2. The molecule has 1 rings (SSSR count). The smallest absolute Gasteiger partial charge is 0.168 e. The lowest BCUT2D eigenvalue weighted by atomic mass is 10.2. The fourth-order valence-corrected chi connectivity index (χ4v) is 1.34. The van der Waals surface area contributed by atoms with Gasteiger partial charge in [0.1, 0.15) is 0 Å². The van der Waals surface area contributed by atoms with Gasteiger partial charge in [0, 0.05) is 0 Å². The summed E-state index contributed by atoms with van der Waals surface area (Å²) in [5.74, 6) is 1.59. The van der Waals surface area contributed by atoms with Crippen LogP contribution in [0.2, 0.25) is 0 Å². The molecule has 0 radical (unpaired) electrons. The Labute approximate surface area is 97.9 Å². The van der Waals surface area contributed by atoms with E-state index < -0.39 is 0 Å². The van der Waals surface area contributed by atoms with Crippen molar-refractivity contribution in [2.75, 3.05) is 6.61 Å². The zero-order chi connectivity index (χ0) is 11.6. The minimum absolute atomic E-state index is 0.754. The van der Waals surface area contributed by atoms with Gasteiger partial charge in [-0.1, -0.05) is 38.0 Å². The van der Waals surface area contributed by atoms with Crippen LogP contribution in [0.3, 0.4) is 0 Å². The first-order valence-corrected chi connectivity index (χ1v) is 5.88. The van der Waals surface area contributed by atoms with Gasteiger partial charge in [0.2, 0.25) is 0 Å². The van der Waals surface area contributed by atoms with Crippen LogP contribution in [0.4, 0.5) is 0 Å². The second kappa shape index (κ2) is 7.80. The molecule has 0 bridgehead atoms. The molecule has 0 aliphatic heterocycles. The molecule has 0 aliphatic carbocycles. The Morgan fingerprint density at radius 3 is 2.56 bits per heavy atom. The fraction of sp³-hybridized carbons (Fsp3) is 0.429. The first-order valence-electron chi connectivity index (χ1n) is 5.88. The van der Waals surface area contributed by atoms with Crippen molar-refractivity contribution in [3.8, 4) is 11.5 Å². The number of benzene rings is 1. The summed E-state index contributed by atoms with van der Waals surface area (Å²) < 4.78 is 11.1. The summed E-state index contributed by atoms with van der Waals surface area (Å²) in [6.07, 6.45) is 7.02. The summed E-state index contributed by atoms with van der Waals surface area (Å²) in [6.45, 7) is 4.86. The molecular weight excluding hydrogens is 200 g/mol. The summed E-state index contributed by atoms with van der Waals surface area (Å²) in [6, 6.07) is 7.75. The zero-order valence-corrected chi connectivity index (χ0v) is 10.1. The first kappa shape index (κ1) is 12.6. The predicted molar refractivity (Wildman–Crippen MR) is 66.9 cm³/mol. The largest absolute Gasteiger partial charge is 0.490 e. The van der Waals surface area contributed by atoms with Gasteiger partial charge in [0.15, 0.2) is 11.5 Å². The molecule has 0 aliphatic rings. The minimum Gasteiger partial charge on any atom is -0.490 e. The van der Waals surface area contributed by atoms with E-state index >= 15 is 0 Å². The molecule has 88 valence electrons. The highest BCUT2D eigenvalue weighted by atomic mass is 16.5. The fourth-order valence-electron chi connectivity index (χ4n) is 1.34. The van der Waals surface area contributed by atoms with Gasteiger partial charge < -0.3 is 9.47 Å². The molecule has 0 atom stereocenters. The summed E-state index contributed by atoms with van der Waals surface area (Å²) in [4.78, 5) is 0. The molecule has 0 amide bonds. The molecule has 0 saturated carbocycles. The van der Waals surface area contributed by atoms with E-state index in [9.17, 15) is 0 Å². The van der Waals surface area contributed by atoms with E-state index in [-0.39, 0.29) is 0 Å². The summed E-state index contributed by atoms with van der Waals surface area (Å²) in [5, 5.41) is 0. The van der Waals surface area contributed by atoms with Crippen molar-refractivity contribution in [2.45, 2.75) is 33.1 Å². The average Bonchev–Trinajstić information content (AvgIpc) is 2.33. The van der Waals surface area contributed by atoms with Crippen molar-refractivity contribution in [3.05, 3.63) is 36.6 Å². The van der Waals surface area contributed by atoms with Crippen LogP contribution in [0.1, 0.15) is 33.1 Å². The van der Waals surface area contributed by atoms with Crippen LogP contribution in [0, 0.1) is 0 Å². The third-order valence-corrected chi connectivity index (χ3v) is 2.19. The molecular formula is C14H20O2. The molecule has 0 N–H and O–H groups in total. The third-order valence-electron chi connectivity index (χ3n) is 2.19. The molecule has 0 saturated heterocycles. The lowest BCUT2D eigenvalue weighted by molar-refractivity contribution is 0.292. The van der Waals surface area contributed by atoms with E-state index in [2.05, 4.69) is 6.92 Å². The molecule has 0 fully saturated rings. The Bertz CT molecular complexity index is 318. The van der Waals surface area contributed by atoms with E-state index in [0.717, 1.165) is 24.5 Å². The van der Waals surface area contributed by atoms with Gasteiger partial charge in [-0.25, -0.2) is 0 Å². The van der Waals surface area contributed by atoms with Gasteiger partial charge in [-0.3, -0.25) is 0 Å². The van der Waals surface area contributed by atoms with Gasteiger partial charge in [0.05, 0.1) is 12.9 Å². The van der Waals surface area contributed by atoms with E-state index in [4.69, 9.17) is 9.47 Å². The Balaban J connectivity index is 2.49. The first-order chi connectivity index (χ1) is 7.88. The SMILES string of the molecule is CC=COc1ccccc1OCCCCC. The monoisotopic (exact) mass is 220 g/mol. The van der Waals surface area contributed by atoms with Gasteiger partial charge in [-0.05, 0) is 25.5 Å². The molecule has 0 aromatic heterocycles. The second-order valence-electron chi connectivity index (χ2n) is 3.59. The quantitative estimate of drug-likeness (QED) is 0.507. The molecule has 1 aromatic carbocycles. The average molecular weight is 220 g/mol. The van der Waals surface area contributed by atoms with Crippen LogP contribution in [-0.4, -0.2) is 6.61 Å². The van der Waals surface area contributed by atoms with Gasteiger partial charge >= 0.3 is 0 Å². The maximum atomic E-state index is 5.68. The maximum Gasteiger partial charge on any atom is 0.168 e. The number of allylic oxidation sites excluding steroid dienone is 1. The lowest BCUT2D eigenvalue weighted by Gasteiger charge is -2.09. The zero-order valence-electron chi connectivity index (χ0n) is 10.1. The molecule has 1 aromatic rings. The van der Waals surface area contributed by atoms with Crippen molar-refractivity contribution in [1.82, 2.24) is 0 Å². The van der Waals surface area contributed by atoms with Gasteiger partial charge in [0.25, 0.3) is 0 Å². The number of para-hydroxylation sites is 2. The Morgan fingerprint density at radius 1 is 1.12 bits per heavy atom. The topological polar surface area (TPSA) is 18.5 Å². The Hall–Kier alpha value is -1.44. The normalized spacial score (nSPS) is 10.6. The van der Waals surface area contributed by atoms with Crippen molar-refractivity contribution < 1.29 is 9.47 Å².